The van der Waals surface area contributed by atoms with E-state index in [1.54, 1.807) is 0 Å². The van der Waals surface area contributed by atoms with Gasteiger partial charge in [0.05, 0.1) is 0 Å². The summed E-state index contributed by atoms with van der Waals surface area (Å²) in [5.41, 5.74) is 0. The molecule has 474 valence electrons. The molecule has 0 rings (SSSR count). The molecule has 0 aromatic heterocycles. The van der Waals surface area contributed by atoms with Crippen molar-refractivity contribution >= 4 is 17.9 Å². The molecule has 0 spiro atoms. The van der Waals surface area contributed by atoms with E-state index in [9.17, 15) is 14.4 Å². The molecule has 0 bridgehead atoms. The Morgan fingerprint density at radius 1 is 0.253 bits per heavy atom. The number of hydrogen-bond donors (Lipinski definition) is 0. The third kappa shape index (κ3) is 68.5. The first kappa shape index (κ1) is 78.8. The first-order valence-electron chi connectivity index (χ1n) is 35.0. The van der Waals surface area contributed by atoms with Crippen molar-refractivity contribution in [2.75, 3.05) is 13.2 Å². The molecule has 0 aliphatic carbocycles. The summed E-state index contributed by atoms with van der Waals surface area (Å²) in [6.07, 6.45) is 97.9. The average Bonchev–Trinajstić information content (AvgIpc) is 3.49. The van der Waals surface area contributed by atoms with Crippen LogP contribution < -0.4 is 0 Å². The molecular formula is C77H130O6. The molecule has 0 fully saturated rings. The third-order valence-electron chi connectivity index (χ3n) is 14.9. The van der Waals surface area contributed by atoms with Gasteiger partial charge in [-0.3, -0.25) is 14.4 Å². The number of rotatable bonds is 63. The van der Waals surface area contributed by atoms with E-state index in [0.717, 1.165) is 96.3 Å². The lowest BCUT2D eigenvalue weighted by molar-refractivity contribution is -0.167. The third-order valence-corrected chi connectivity index (χ3v) is 14.9. The Morgan fingerprint density at radius 2 is 0.482 bits per heavy atom. The van der Waals surface area contributed by atoms with Gasteiger partial charge < -0.3 is 14.2 Å². The Hall–Kier alpha value is -4.19. The second-order valence-corrected chi connectivity index (χ2v) is 23.1. The highest BCUT2D eigenvalue weighted by Crippen LogP contribution is 2.16. The van der Waals surface area contributed by atoms with Crippen LogP contribution in [-0.4, -0.2) is 37.2 Å². The summed E-state index contributed by atoms with van der Waals surface area (Å²) in [5, 5.41) is 0. The van der Waals surface area contributed by atoms with Crippen molar-refractivity contribution < 1.29 is 28.6 Å². The Balaban J connectivity index is 4.48. The molecule has 0 heterocycles. The fraction of sp³-hybridized carbons (Fsp3) is 0.701. The molecule has 0 saturated heterocycles. The van der Waals surface area contributed by atoms with Crippen molar-refractivity contribution in [3.8, 4) is 0 Å². The molecule has 83 heavy (non-hydrogen) atoms. The van der Waals surface area contributed by atoms with Crippen LogP contribution in [0.1, 0.15) is 329 Å². The maximum atomic E-state index is 13.0. The van der Waals surface area contributed by atoms with Gasteiger partial charge in [0.25, 0.3) is 0 Å². The van der Waals surface area contributed by atoms with Crippen LogP contribution >= 0.6 is 0 Å². The first-order valence-corrected chi connectivity index (χ1v) is 35.0. The molecule has 0 aromatic rings. The summed E-state index contributed by atoms with van der Waals surface area (Å²) in [6.45, 7) is 6.48. The Kier molecular flexibility index (Phi) is 66.7. The summed E-state index contributed by atoms with van der Waals surface area (Å²) >= 11 is 0. The van der Waals surface area contributed by atoms with Gasteiger partial charge in [0.1, 0.15) is 13.2 Å². The van der Waals surface area contributed by atoms with Gasteiger partial charge >= 0.3 is 17.9 Å². The lowest BCUT2D eigenvalue weighted by Gasteiger charge is -2.18. The van der Waals surface area contributed by atoms with E-state index in [1.807, 2.05) is 0 Å². The number of esters is 3. The van der Waals surface area contributed by atoms with E-state index in [-0.39, 0.29) is 37.5 Å². The van der Waals surface area contributed by atoms with Crippen molar-refractivity contribution in [3.63, 3.8) is 0 Å². The molecule has 6 heteroatoms. The van der Waals surface area contributed by atoms with Gasteiger partial charge in [-0.05, 0) is 128 Å². The van der Waals surface area contributed by atoms with E-state index in [1.165, 1.54) is 186 Å². The topological polar surface area (TPSA) is 78.9 Å². The minimum Gasteiger partial charge on any atom is -0.462 e. The summed E-state index contributed by atoms with van der Waals surface area (Å²) in [4.78, 5) is 38.5. The zero-order chi connectivity index (χ0) is 59.9. The molecule has 1 unspecified atom stereocenters. The molecule has 0 aliphatic rings. The van der Waals surface area contributed by atoms with Crippen molar-refractivity contribution in [2.24, 2.45) is 0 Å². The van der Waals surface area contributed by atoms with Crippen molar-refractivity contribution in [1.29, 1.82) is 0 Å². The zero-order valence-electron chi connectivity index (χ0n) is 54.4. The van der Waals surface area contributed by atoms with Crippen LogP contribution in [0.2, 0.25) is 0 Å². The molecule has 0 N–H and O–H groups in total. The summed E-state index contributed by atoms with van der Waals surface area (Å²) < 4.78 is 16.9. The minimum absolute atomic E-state index is 0.0996. The number of carbonyl (C=O) groups is 3. The molecule has 0 amide bonds. The van der Waals surface area contributed by atoms with Gasteiger partial charge in [-0.2, -0.15) is 0 Å². The maximum Gasteiger partial charge on any atom is 0.306 e. The van der Waals surface area contributed by atoms with Crippen LogP contribution in [0.25, 0.3) is 0 Å². The van der Waals surface area contributed by atoms with Crippen molar-refractivity contribution in [1.82, 2.24) is 0 Å². The molecule has 6 nitrogen and oxygen atoms in total. The molecule has 0 radical (unpaired) electrons. The van der Waals surface area contributed by atoms with Crippen LogP contribution in [0.4, 0.5) is 0 Å². The number of unbranched alkanes of at least 4 members (excludes halogenated alkanes) is 32. The highest BCUT2D eigenvalue weighted by atomic mass is 16.6. The smallest absolute Gasteiger partial charge is 0.306 e. The number of hydrogen-bond acceptors (Lipinski definition) is 6. The summed E-state index contributed by atoms with van der Waals surface area (Å²) in [6, 6.07) is 0. The predicted molar refractivity (Wildman–Crippen MR) is 362 cm³/mol. The number of ether oxygens (including phenoxy) is 3. The van der Waals surface area contributed by atoms with Crippen LogP contribution in [0.3, 0.4) is 0 Å². The van der Waals surface area contributed by atoms with Crippen LogP contribution in [-0.2, 0) is 28.6 Å². The summed E-state index contributed by atoms with van der Waals surface area (Å²) in [7, 11) is 0. The van der Waals surface area contributed by atoms with Crippen molar-refractivity contribution in [2.45, 2.75) is 335 Å². The fourth-order valence-electron chi connectivity index (χ4n) is 9.69. The van der Waals surface area contributed by atoms with E-state index >= 15 is 0 Å². The number of carbonyl (C=O) groups excluding carboxylic acids is 3. The van der Waals surface area contributed by atoms with Crippen LogP contribution in [0.5, 0.6) is 0 Å². The lowest BCUT2D eigenvalue weighted by atomic mass is 10.0. The largest absolute Gasteiger partial charge is 0.462 e. The van der Waals surface area contributed by atoms with Crippen molar-refractivity contribution in [3.05, 3.63) is 122 Å². The molecule has 0 aromatic carbocycles. The standard InChI is InChI=1S/C77H130O6/c1-4-7-10-13-16-19-22-25-28-31-34-36-38-40-43-46-49-52-55-58-61-64-67-70-76(79)82-73-74(72-81-75(78)69-66-63-60-57-54-51-48-45-42-33-30-27-24-21-18-15-12-9-6-3)83-77(80)71-68-65-62-59-56-53-50-47-44-41-39-37-35-32-29-26-23-20-17-14-11-8-5-2/h7,10,16,18-19,21,25,27-28,30,32,34-36,40,43,49,52,58,61,74H,4-6,8-9,11-15,17,20,22-24,26,29,31,33,37-39,41-42,44-48,50-51,53-57,59-60,62-73H2,1-3H3/b10-7-,19-16-,21-18-,28-25-,30-27-,35-32-,36-34-,43-40-,52-49-,61-58-. The molecule has 0 aliphatic heterocycles. The van der Waals surface area contributed by atoms with Gasteiger partial charge in [0.2, 0.25) is 0 Å². The Bertz CT molecular complexity index is 1700. The van der Waals surface area contributed by atoms with Gasteiger partial charge in [0, 0.05) is 19.3 Å². The SMILES string of the molecule is CC/C=C\C/C=C\C/C=C\C/C=C\C/C=C\C/C=C\C/C=C\CCCC(=O)OCC(COC(=O)CCCCCCCCCCC/C=C\C/C=C\CCCCC)OC(=O)CCCCCCCCCCCCC/C=C\CCCCCCCCCC. The van der Waals surface area contributed by atoms with E-state index in [0.29, 0.717) is 19.3 Å². The second kappa shape index (κ2) is 70.3. The zero-order valence-corrected chi connectivity index (χ0v) is 54.4. The van der Waals surface area contributed by atoms with Gasteiger partial charge in [-0.25, -0.2) is 0 Å². The normalized spacial score (nSPS) is 12.9. The quantitative estimate of drug-likeness (QED) is 0.0261. The summed E-state index contributed by atoms with van der Waals surface area (Å²) in [5.74, 6) is -0.956. The first-order chi connectivity index (χ1) is 41.0. The lowest BCUT2D eigenvalue weighted by Crippen LogP contribution is -2.30. The van der Waals surface area contributed by atoms with Gasteiger partial charge in [0.15, 0.2) is 6.10 Å². The maximum absolute atomic E-state index is 13.0. The van der Waals surface area contributed by atoms with Crippen LogP contribution in [0, 0.1) is 0 Å². The van der Waals surface area contributed by atoms with Gasteiger partial charge in [-0.15, -0.1) is 0 Å². The van der Waals surface area contributed by atoms with E-state index < -0.39 is 6.10 Å². The molecule has 0 saturated carbocycles. The molecule has 1 atom stereocenters. The Morgan fingerprint density at radius 3 is 0.819 bits per heavy atom. The van der Waals surface area contributed by atoms with E-state index in [4.69, 9.17) is 14.2 Å². The monoisotopic (exact) mass is 1150 g/mol. The predicted octanol–water partition coefficient (Wildman–Crippen LogP) is 24.3. The second-order valence-electron chi connectivity index (χ2n) is 23.1. The highest BCUT2D eigenvalue weighted by Gasteiger charge is 2.19. The molecular weight excluding hydrogens is 1020 g/mol. The minimum atomic E-state index is -0.809. The van der Waals surface area contributed by atoms with Crippen LogP contribution in [0.15, 0.2) is 122 Å². The number of allylic oxidation sites excluding steroid dienone is 20. The van der Waals surface area contributed by atoms with Gasteiger partial charge in [-0.1, -0.05) is 303 Å². The highest BCUT2D eigenvalue weighted by molar-refractivity contribution is 5.71. The average molecular weight is 1150 g/mol. The Labute approximate surface area is 513 Å². The van der Waals surface area contributed by atoms with E-state index in [2.05, 4.69) is 142 Å². The fourth-order valence-corrected chi connectivity index (χ4v) is 9.69.